The molecule has 33 heavy (non-hydrogen) atoms. The van der Waals surface area contributed by atoms with Crippen molar-refractivity contribution in [2.45, 2.75) is 19.4 Å². The van der Waals surface area contributed by atoms with Gasteiger partial charge in [-0.25, -0.2) is 0 Å². The second kappa shape index (κ2) is 10.4. The number of hydrogen-bond donors (Lipinski definition) is 1. The molecule has 176 valence electrons. The van der Waals surface area contributed by atoms with Crippen LogP contribution in [0.5, 0.6) is 17.2 Å². The van der Waals surface area contributed by atoms with Gasteiger partial charge in [0, 0.05) is 37.5 Å². The van der Waals surface area contributed by atoms with E-state index in [-0.39, 0.29) is 17.9 Å². The molecule has 8 nitrogen and oxygen atoms in total. The average Bonchev–Trinajstić information content (AvgIpc) is 3.08. The van der Waals surface area contributed by atoms with Crippen molar-refractivity contribution in [3.8, 4) is 17.2 Å². The van der Waals surface area contributed by atoms with E-state index in [1.54, 1.807) is 57.5 Å². The van der Waals surface area contributed by atoms with Crippen molar-refractivity contribution >= 4 is 17.4 Å². The van der Waals surface area contributed by atoms with E-state index >= 15 is 0 Å². The van der Waals surface area contributed by atoms with E-state index in [9.17, 15) is 14.7 Å². The fourth-order valence-electron chi connectivity index (χ4n) is 4.03. The molecule has 1 saturated heterocycles. The lowest BCUT2D eigenvalue weighted by atomic mass is 9.93. The molecular weight excluding hydrogens is 426 g/mol. The number of amides is 1. The Morgan fingerprint density at radius 3 is 2.24 bits per heavy atom. The smallest absolute Gasteiger partial charge is 0.295 e. The molecule has 2 aromatic carbocycles. The van der Waals surface area contributed by atoms with Crippen LogP contribution in [0, 0.1) is 6.92 Å². The molecule has 0 saturated carbocycles. The van der Waals surface area contributed by atoms with Gasteiger partial charge in [0.05, 0.1) is 32.9 Å². The number of carbonyl (C=O) groups excluding carboxylic acids is 2. The number of nitrogens with zero attached hydrogens (tertiary/aromatic N) is 1. The molecule has 1 N–H and O–H groups in total. The maximum atomic E-state index is 13.2. The molecule has 2 aromatic rings. The third-order valence-corrected chi connectivity index (χ3v) is 5.71. The number of aryl methyl sites for hydroxylation is 1. The molecule has 0 aliphatic carbocycles. The van der Waals surface area contributed by atoms with Gasteiger partial charge in [-0.1, -0.05) is 0 Å². The van der Waals surface area contributed by atoms with Crippen LogP contribution < -0.4 is 14.2 Å². The summed E-state index contributed by atoms with van der Waals surface area (Å²) in [6.07, 6.45) is 0.528. The van der Waals surface area contributed by atoms with Crippen LogP contribution in [0.3, 0.4) is 0 Å². The SMILES string of the molecule is COCCCN1C(=O)C(=O)C(=C(O)c2ccc(OC)cc2C)C1c1ccc(OC)cc1OC. The van der Waals surface area contributed by atoms with Gasteiger partial charge in [0.2, 0.25) is 0 Å². The Hall–Kier alpha value is -3.52. The number of hydrogen-bond acceptors (Lipinski definition) is 7. The van der Waals surface area contributed by atoms with Gasteiger partial charge >= 0.3 is 0 Å². The molecule has 1 aliphatic rings. The number of benzene rings is 2. The number of likely N-dealkylation sites (tertiary alicyclic amines) is 1. The second-order valence-electron chi connectivity index (χ2n) is 7.63. The molecule has 0 bridgehead atoms. The predicted octanol–water partition coefficient (Wildman–Crippen LogP) is 3.48. The first-order chi connectivity index (χ1) is 15.9. The number of ether oxygens (including phenoxy) is 4. The van der Waals surface area contributed by atoms with Crippen LogP contribution in [0.25, 0.3) is 5.76 Å². The molecule has 0 radical (unpaired) electrons. The molecule has 1 amide bonds. The van der Waals surface area contributed by atoms with Gasteiger partial charge < -0.3 is 29.0 Å². The highest BCUT2D eigenvalue weighted by molar-refractivity contribution is 6.46. The highest BCUT2D eigenvalue weighted by Gasteiger charge is 2.47. The van der Waals surface area contributed by atoms with Gasteiger partial charge in [0.25, 0.3) is 11.7 Å². The van der Waals surface area contributed by atoms with Crippen LogP contribution in [0.2, 0.25) is 0 Å². The Labute approximate surface area is 193 Å². The van der Waals surface area contributed by atoms with E-state index in [1.807, 2.05) is 0 Å². The topological polar surface area (TPSA) is 94.5 Å². The van der Waals surface area contributed by atoms with Crippen molar-refractivity contribution in [3.63, 3.8) is 0 Å². The zero-order valence-corrected chi connectivity index (χ0v) is 19.5. The van der Waals surface area contributed by atoms with E-state index in [0.29, 0.717) is 47.0 Å². The molecular formula is C25H29NO7. The van der Waals surface area contributed by atoms with Gasteiger partial charge in [0.1, 0.15) is 23.0 Å². The van der Waals surface area contributed by atoms with Crippen LogP contribution in [0.1, 0.15) is 29.2 Å². The highest BCUT2D eigenvalue weighted by atomic mass is 16.5. The minimum absolute atomic E-state index is 0.00847. The van der Waals surface area contributed by atoms with E-state index in [2.05, 4.69) is 0 Å². The van der Waals surface area contributed by atoms with Crippen molar-refractivity contribution in [1.82, 2.24) is 4.90 Å². The first-order valence-corrected chi connectivity index (χ1v) is 10.5. The third-order valence-electron chi connectivity index (χ3n) is 5.71. The van der Waals surface area contributed by atoms with Crippen molar-refractivity contribution in [1.29, 1.82) is 0 Å². The van der Waals surface area contributed by atoms with Crippen LogP contribution in [-0.4, -0.2) is 63.3 Å². The molecule has 0 aromatic heterocycles. The maximum Gasteiger partial charge on any atom is 0.295 e. The summed E-state index contributed by atoms with van der Waals surface area (Å²) in [5.41, 5.74) is 1.73. The first-order valence-electron chi connectivity index (χ1n) is 10.5. The summed E-state index contributed by atoms with van der Waals surface area (Å²) in [6.45, 7) is 2.50. The number of carbonyl (C=O) groups is 2. The molecule has 1 heterocycles. The van der Waals surface area contributed by atoms with Gasteiger partial charge in [-0.3, -0.25) is 9.59 Å². The lowest BCUT2D eigenvalue weighted by molar-refractivity contribution is -0.140. The zero-order chi connectivity index (χ0) is 24.1. The summed E-state index contributed by atoms with van der Waals surface area (Å²) in [7, 11) is 6.17. The lowest BCUT2D eigenvalue weighted by Gasteiger charge is -2.27. The van der Waals surface area contributed by atoms with Crippen molar-refractivity contribution in [2.24, 2.45) is 0 Å². The number of aliphatic hydroxyl groups excluding tert-OH is 1. The Bertz CT molecular complexity index is 1080. The third kappa shape index (κ3) is 4.66. The summed E-state index contributed by atoms with van der Waals surface area (Å²) in [5, 5.41) is 11.3. The van der Waals surface area contributed by atoms with Gasteiger partial charge in [-0.15, -0.1) is 0 Å². The number of rotatable bonds is 9. The zero-order valence-electron chi connectivity index (χ0n) is 19.5. The fraction of sp³-hybridized carbons (Fsp3) is 0.360. The Balaban J connectivity index is 2.21. The molecule has 1 fully saturated rings. The molecule has 8 heteroatoms. The maximum absolute atomic E-state index is 13.2. The predicted molar refractivity (Wildman–Crippen MR) is 123 cm³/mol. The first kappa shape index (κ1) is 24.1. The second-order valence-corrected chi connectivity index (χ2v) is 7.63. The Morgan fingerprint density at radius 2 is 1.64 bits per heavy atom. The van der Waals surface area contributed by atoms with E-state index in [1.165, 1.54) is 19.1 Å². The van der Waals surface area contributed by atoms with Crippen LogP contribution in [0.15, 0.2) is 42.0 Å². The van der Waals surface area contributed by atoms with Crippen molar-refractivity contribution < 1.29 is 33.6 Å². The van der Waals surface area contributed by atoms with E-state index < -0.39 is 17.7 Å². The normalized spacial score (nSPS) is 17.4. The summed E-state index contributed by atoms with van der Waals surface area (Å²) in [6, 6.07) is 9.45. The molecule has 1 atom stereocenters. The Morgan fingerprint density at radius 1 is 0.970 bits per heavy atom. The molecule has 1 unspecified atom stereocenters. The van der Waals surface area contributed by atoms with Gasteiger partial charge in [-0.05, 0) is 49.2 Å². The molecule has 0 spiro atoms. The monoisotopic (exact) mass is 455 g/mol. The standard InChI is InChI=1S/C25H29NO7/c1-15-13-16(31-3)7-9-18(15)23(27)21-22(19-10-8-17(32-4)14-20(19)33-5)26(11-6-12-30-2)25(29)24(21)28/h7-10,13-14,22,27H,6,11-12H2,1-5H3. The summed E-state index contributed by atoms with van der Waals surface area (Å²) >= 11 is 0. The molecule has 3 rings (SSSR count). The summed E-state index contributed by atoms with van der Waals surface area (Å²) in [5.74, 6) is -0.0407. The van der Waals surface area contributed by atoms with Crippen molar-refractivity contribution in [3.05, 3.63) is 58.7 Å². The van der Waals surface area contributed by atoms with Crippen LogP contribution >= 0.6 is 0 Å². The summed E-state index contributed by atoms with van der Waals surface area (Å²) < 4.78 is 21.2. The fourth-order valence-corrected chi connectivity index (χ4v) is 4.03. The van der Waals surface area contributed by atoms with Crippen LogP contribution in [-0.2, 0) is 14.3 Å². The van der Waals surface area contributed by atoms with Gasteiger partial charge in [-0.2, -0.15) is 0 Å². The average molecular weight is 456 g/mol. The van der Waals surface area contributed by atoms with E-state index in [4.69, 9.17) is 18.9 Å². The number of methoxy groups -OCH3 is 4. The molecule has 1 aliphatic heterocycles. The number of Topliss-reactive ketones (excluding diaryl/α,β-unsaturated/α-hetero) is 1. The quantitative estimate of drug-likeness (QED) is 0.268. The van der Waals surface area contributed by atoms with Crippen LogP contribution in [0.4, 0.5) is 0 Å². The van der Waals surface area contributed by atoms with E-state index in [0.717, 1.165) is 0 Å². The Kier molecular flexibility index (Phi) is 7.60. The van der Waals surface area contributed by atoms with Crippen molar-refractivity contribution in [2.75, 3.05) is 41.6 Å². The minimum Gasteiger partial charge on any atom is -0.507 e. The summed E-state index contributed by atoms with van der Waals surface area (Å²) in [4.78, 5) is 27.7. The largest absolute Gasteiger partial charge is 0.507 e. The number of ketones is 1. The number of aliphatic hydroxyl groups is 1. The van der Waals surface area contributed by atoms with Gasteiger partial charge in [0.15, 0.2) is 0 Å². The minimum atomic E-state index is -0.829. The highest BCUT2D eigenvalue weighted by Crippen LogP contribution is 2.44. The lowest BCUT2D eigenvalue weighted by Crippen LogP contribution is -2.31.